The molecule has 2 aromatic carbocycles. The zero-order chi connectivity index (χ0) is 13.4. The number of aldehydes is 1. The molecule has 0 aliphatic rings. The molecule has 0 bridgehead atoms. The molecule has 2 nitrogen and oxygen atoms in total. The van der Waals surface area contributed by atoms with E-state index in [2.05, 4.69) is 4.98 Å². The lowest BCUT2D eigenvalue weighted by Crippen LogP contribution is -1.86. The van der Waals surface area contributed by atoms with Crippen LogP contribution < -0.4 is 0 Å². The quantitative estimate of drug-likeness (QED) is 0.685. The van der Waals surface area contributed by atoms with Crippen LogP contribution in [0.2, 0.25) is 0 Å². The van der Waals surface area contributed by atoms with Gasteiger partial charge in [-0.25, -0.2) is 4.39 Å². The Hall–Kier alpha value is -2.42. The highest BCUT2D eigenvalue weighted by Crippen LogP contribution is 2.30. The average Bonchev–Trinajstić information content (AvgIpc) is 2.75. The molecule has 0 aliphatic carbocycles. The Labute approximate surface area is 109 Å². The summed E-state index contributed by atoms with van der Waals surface area (Å²) in [6.07, 6.45) is 0.545. The second-order valence-corrected chi connectivity index (χ2v) is 4.53. The van der Waals surface area contributed by atoms with Gasteiger partial charge in [0, 0.05) is 16.6 Å². The highest BCUT2D eigenvalue weighted by Gasteiger charge is 2.12. The van der Waals surface area contributed by atoms with Crippen LogP contribution in [0.1, 0.15) is 15.9 Å². The van der Waals surface area contributed by atoms with Gasteiger partial charge in [0.25, 0.3) is 0 Å². The van der Waals surface area contributed by atoms with Crippen molar-refractivity contribution in [2.75, 3.05) is 0 Å². The van der Waals surface area contributed by atoms with Gasteiger partial charge < -0.3 is 4.98 Å². The number of hydrogen-bond donors (Lipinski definition) is 1. The lowest BCUT2D eigenvalue weighted by Gasteiger charge is -1.99. The van der Waals surface area contributed by atoms with Gasteiger partial charge in [0.05, 0.1) is 5.56 Å². The number of aryl methyl sites for hydroxylation is 1. The fourth-order valence-corrected chi connectivity index (χ4v) is 2.35. The van der Waals surface area contributed by atoms with E-state index in [1.807, 2.05) is 37.3 Å². The fraction of sp³-hybridized carbons (Fsp3) is 0.0625. The van der Waals surface area contributed by atoms with Gasteiger partial charge in [-0.05, 0) is 30.2 Å². The van der Waals surface area contributed by atoms with Gasteiger partial charge in [0.2, 0.25) is 0 Å². The molecule has 0 amide bonds. The molecule has 94 valence electrons. The largest absolute Gasteiger partial charge is 0.354 e. The maximum Gasteiger partial charge on any atom is 0.153 e. The Bertz CT molecular complexity index is 759. The van der Waals surface area contributed by atoms with Gasteiger partial charge in [-0.2, -0.15) is 0 Å². The maximum absolute atomic E-state index is 13.6. The summed E-state index contributed by atoms with van der Waals surface area (Å²) in [7, 11) is 0. The van der Waals surface area contributed by atoms with Crippen molar-refractivity contribution >= 4 is 17.2 Å². The number of carbonyl (C=O) groups excluding carboxylic acids is 1. The van der Waals surface area contributed by atoms with Gasteiger partial charge in [0.1, 0.15) is 5.82 Å². The van der Waals surface area contributed by atoms with Crippen molar-refractivity contribution in [3.63, 3.8) is 0 Å². The van der Waals surface area contributed by atoms with Crippen LogP contribution in [0.3, 0.4) is 0 Å². The number of aromatic amines is 1. The number of rotatable bonds is 2. The third-order valence-corrected chi connectivity index (χ3v) is 3.36. The van der Waals surface area contributed by atoms with E-state index in [9.17, 15) is 9.18 Å². The van der Waals surface area contributed by atoms with Crippen molar-refractivity contribution in [2.45, 2.75) is 6.92 Å². The van der Waals surface area contributed by atoms with Crippen LogP contribution in [0.5, 0.6) is 0 Å². The van der Waals surface area contributed by atoms with E-state index in [1.54, 1.807) is 6.07 Å². The summed E-state index contributed by atoms with van der Waals surface area (Å²) < 4.78 is 13.6. The molecule has 0 fully saturated rings. The molecule has 3 aromatic rings. The first-order chi connectivity index (χ1) is 9.20. The van der Waals surface area contributed by atoms with Crippen LogP contribution in [-0.4, -0.2) is 11.3 Å². The summed E-state index contributed by atoms with van der Waals surface area (Å²) in [5.74, 6) is -0.497. The summed E-state index contributed by atoms with van der Waals surface area (Å²) in [6.45, 7) is 1.97. The third-order valence-electron chi connectivity index (χ3n) is 3.36. The topological polar surface area (TPSA) is 32.9 Å². The van der Waals surface area contributed by atoms with Gasteiger partial charge >= 0.3 is 0 Å². The molecule has 1 N–H and O–H groups in total. The van der Waals surface area contributed by atoms with E-state index in [-0.39, 0.29) is 5.56 Å². The number of halogens is 1. The minimum Gasteiger partial charge on any atom is -0.354 e. The zero-order valence-electron chi connectivity index (χ0n) is 10.4. The van der Waals surface area contributed by atoms with Crippen molar-refractivity contribution in [2.24, 2.45) is 0 Å². The highest BCUT2D eigenvalue weighted by molar-refractivity contribution is 5.94. The minimum absolute atomic E-state index is 0.0919. The van der Waals surface area contributed by atoms with E-state index in [4.69, 9.17) is 0 Å². The number of aromatic nitrogens is 1. The molecule has 3 heteroatoms. The Kier molecular flexibility index (Phi) is 2.67. The second-order valence-electron chi connectivity index (χ2n) is 4.53. The van der Waals surface area contributed by atoms with Crippen LogP contribution in [0.15, 0.2) is 42.5 Å². The molecule has 0 atom stereocenters. The predicted molar refractivity (Wildman–Crippen MR) is 73.8 cm³/mol. The number of hydrogen-bond acceptors (Lipinski definition) is 1. The minimum atomic E-state index is -0.497. The van der Waals surface area contributed by atoms with Gasteiger partial charge in [-0.1, -0.05) is 30.3 Å². The van der Waals surface area contributed by atoms with E-state index in [1.165, 1.54) is 6.07 Å². The first kappa shape index (κ1) is 11.7. The fourth-order valence-electron chi connectivity index (χ4n) is 2.35. The molecule has 0 saturated heterocycles. The molecule has 3 rings (SSSR count). The molecular weight excluding hydrogens is 241 g/mol. The Morgan fingerprint density at radius 2 is 1.89 bits per heavy atom. The molecule has 0 radical (unpaired) electrons. The number of nitrogens with one attached hydrogen (secondary N) is 1. The van der Waals surface area contributed by atoms with Crippen LogP contribution >= 0.6 is 0 Å². The first-order valence-electron chi connectivity index (χ1n) is 6.03. The molecule has 0 unspecified atom stereocenters. The van der Waals surface area contributed by atoms with Crippen molar-refractivity contribution in [1.29, 1.82) is 0 Å². The number of fused-ring (bicyclic) bond motifs is 1. The smallest absolute Gasteiger partial charge is 0.153 e. The molecule has 0 spiro atoms. The molecule has 19 heavy (non-hydrogen) atoms. The van der Waals surface area contributed by atoms with Crippen molar-refractivity contribution in [3.05, 3.63) is 59.4 Å². The zero-order valence-corrected chi connectivity index (χ0v) is 10.4. The first-order valence-corrected chi connectivity index (χ1v) is 6.03. The SMILES string of the molecule is Cc1c(-c2ccccc2)[nH]c2cc(F)c(C=O)cc12. The van der Waals surface area contributed by atoms with Crippen LogP contribution in [0.25, 0.3) is 22.2 Å². The summed E-state index contributed by atoms with van der Waals surface area (Å²) >= 11 is 0. The van der Waals surface area contributed by atoms with Crippen molar-refractivity contribution in [1.82, 2.24) is 4.98 Å². The lowest BCUT2D eigenvalue weighted by atomic mass is 10.1. The molecule has 0 aliphatic heterocycles. The van der Waals surface area contributed by atoms with E-state index in [0.29, 0.717) is 11.8 Å². The summed E-state index contributed by atoms with van der Waals surface area (Å²) in [6, 6.07) is 12.8. The van der Waals surface area contributed by atoms with Crippen LogP contribution in [0, 0.1) is 12.7 Å². The number of benzene rings is 2. The summed E-state index contributed by atoms with van der Waals surface area (Å²) in [4.78, 5) is 14.0. The molecular formula is C16H12FNO. The van der Waals surface area contributed by atoms with Crippen LogP contribution in [-0.2, 0) is 0 Å². The predicted octanol–water partition coefficient (Wildman–Crippen LogP) is 4.09. The Morgan fingerprint density at radius 1 is 1.16 bits per heavy atom. The van der Waals surface area contributed by atoms with Crippen LogP contribution in [0.4, 0.5) is 4.39 Å². The lowest BCUT2D eigenvalue weighted by molar-refractivity contribution is 0.112. The standard InChI is InChI=1S/C16H12FNO/c1-10-13-7-12(9-19)14(17)8-15(13)18-16(10)11-5-3-2-4-6-11/h2-9,18H,1H3. The Balaban J connectivity index is 2.29. The van der Waals surface area contributed by atoms with Gasteiger partial charge in [-0.3, -0.25) is 4.79 Å². The van der Waals surface area contributed by atoms with Gasteiger partial charge in [0.15, 0.2) is 6.29 Å². The summed E-state index contributed by atoms with van der Waals surface area (Å²) in [5, 5.41) is 0.877. The average molecular weight is 253 g/mol. The normalized spacial score (nSPS) is 10.8. The number of carbonyl (C=O) groups is 1. The second kappa shape index (κ2) is 4.35. The van der Waals surface area contributed by atoms with E-state index in [0.717, 1.165) is 22.2 Å². The molecule has 1 aromatic heterocycles. The maximum atomic E-state index is 13.6. The highest BCUT2D eigenvalue weighted by atomic mass is 19.1. The van der Waals surface area contributed by atoms with E-state index < -0.39 is 5.82 Å². The number of H-pyrrole nitrogens is 1. The monoisotopic (exact) mass is 253 g/mol. The van der Waals surface area contributed by atoms with Crippen molar-refractivity contribution < 1.29 is 9.18 Å². The summed E-state index contributed by atoms with van der Waals surface area (Å²) in [5.41, 5.74) is 3.82. The molecule has 0 saturated carbocycles. The molecule has 1 heterocycles. The van der Waals surface area contributed by atoms with E-state index >= 15 is 0 Å². The Morgan fingerprint density at radius 3 is 2.58 bits per heavy atom. The van der Waals surface area contributed by atoms with Gasteiger partial charge in [-0.15, -0.1) is 0 Å². The third kappa shape index (κ3) is 1.83. The van der Waals surface area contributed by atoms with Crippen molar-refractivity contribution in [3.8, 4) is 11.3 Å².